The van der Waals surface area contributed by atoms with Crippen molar-refractivity contribution in [3.63, 3.8) is 0 Å². The van der Waals surface area contributed by atoms with E-state index in [1.807, 2.05) is 0 Å². The van der Waals surface area contributed by atoms with E-state index in [9.17, 15) is 5.26 Å². The van der Waals surface area contributed by atoms with E-state index >= 15 is 0 Å². The number of rotatable bonds is 3. The number of hydrogen-bond acceptors (Lipinski definition) is 5. The first-order valence-corrected chi connectivity index (χ1v) is 11.3. The Labute approximate surface area is 186 Å². The molecule has 1 aromatic heterocycles. The molecule has 164 valence electrons. The third-order valence-corrected chi connectivity index (χ3v) is 6.78. The summed E-state index contributed by atoms with van der Waals surface area (Å²) >= 11 is 0. The average Bonchev–Trinajstić information content (AvgIpc) is 3.20. The molecule has 4 rings (SSSR count). The van der Waals surface area contributed by atoms with Crippen LogP contribution < -0.4 is 0 Å². The number of nitrogens with zero attached hydrogens (tertiary/aromatic N) is 4. The molecule has 0 spiro atoms. The topological polar surface area (TPSA) is 56.3 Å². The monoisotopic (exact) mass is 418 g/mol. The van der Waals surface area contributed by atoms with Gasteiger partial charge in [-0.2, -0.15) is 5.26 Å². The van der Waals surface area contributed by atoms with E-state index in [2.05, 4.69) is 94.1 Å². The van der Waals surface area contributed by atoms with Gasteiger partial charge in [0.15, 0.2) is 11.7 Å². The molecule has 5 heteroatoms. The van der Waals surface area contributed by atoms with E-state index in [1.54, 1.807) is 0 Å². The number of aromatic nitrogens is 1. The standard InChI is InChI=1S/C26H34N4O/c1-18-15-26(19-11-8-7-9-12-19,30-14-10-13-20(17-30)29(5)6)23-22(21(18)16-27)28-24(31-23)25(2,3)4/h7-9,11-12,15,20-21H,10,13-14,17H2,1-6H3/t20-,21?,26?/m0/s1. The van der Waals surface area contributed by atoms with Crippen LogP contribution in [0.5, 0.6) is 0 Å². The lowest BCUT2D eigenvalue weighted by molar-refractivity contribution is 0.0616. The molecule has 2 aliphatic rings. The predicted molar refractivity (Wildman–Crippen MR) is 123 cm³/mol. The number of piperidine rings is 1. The van der Waals surface area contributed by atoms with Crippen molar-refractivity contribution in [2.45, 2.75) is 63.5 Å². The molecular weight excluding hydrogens is 384 g/mol. The summed E-state index contributed by atoms with van der Waals surface area (Å²) in [7, 11) is 4.32. The molecular formula is C26H34N4O. The third kappa shape index (κ3) is 3.62. The van der Waals surface area contributed by atoms with Gasteiger partial charge in [0.05, 0.1) is 6.07 Å². The van der Waals surface area contributed by atoms with Crippen LogP contribution in [0.2, 0.25) is 0 Å². The van der Waals surface area contributed by atoms with Gasteiger partial charge in [0.1, 0.15) is 17.2 Å². The zero-order chi connectivity index (χ0) is 22.4. The average molecular weight is 419 g/mol. The Morgan fingerprint density at radius 1 is 1.23 bits per heavy atom. The zero-order valence-corrected chi connectivity index (χ0v) is 19.6. The second kappa shape index (κ2) is 7.93. The molecule has 0 N–H and O–H groups in total. The van der Waals surface area contributed by atoms with Gasteiger partial charge in [0.25, 0.3) is 0 Å². The van der Waals surface area contributed by atoms with Crippen LogP contribution in [0.4, 0.5) is 0 Å². The Morgan fingerprint density at radius 2 is 1.94 bits per heavy atom. The molecule has 0 radical (unpaired) electrons. The van der Waals surface area contributed by atoms with Crippen LogP contribution in [0.25, 0.3) is 0 Å². The maximum atomic E-state index is 9.99. The number of benzene rings is 1. The number of oxazole rings is 1. The van der Waals surface area contributed by atoms with Crippen LogP contribution >= 0.6 is 0 Å². The van der Waals surface area contributed by atoms with E-state index in [1.165, 1.54) is 12.0 Å². The fourth-order valence-electron chi connectivity index (χ4n) is 5.00. The van der Waals surface area contributed by atoms with Crippen molar-refractivity contribution >= 4 is 0 Å². The maximum Gasteiger partial charge on any atom is 0.200 e. The fourth-order valence-corrected chi connectivity index (χ4v) is 5.00. The molecule has 2 aromatic rings. The van der Waals surface area contributed by atoms with E-state index < -0.39 is 5.54 Å². The zero-order valence-electron chi connectivity index (χ0n) is 19.6. The van der Waals surface area contributed by atoms with Gasteiger partial charge in [-0.15, -0.1) is 0 Å². The van der Waals surface area contributed by atoms with Gasteiger partial charge in [0, 0.05) is 18.0 Å². The lowest BCUT2D eigenvalue weighted by Gasteiger charge is -2.48. The number of nitriles is 1. The van der Waals surface area contributed by atoms with Crippen LogP contribution in [-0.2, 0) is 11.0 Å². The van der Waals surface area contributed by atoms with E-state index in [0.29, 0.717) is 11.9 Å². The molecule has 2 heterocycles. The summed E-state index contributed by atoms with van der Waals surface area (Å²) in [6, 6.07) is 13.5. The van der Waals surface area contributed by atoms with Crippen molar-refractivity contribution in [2.75, 3.05) is 27.2 Å². The Kier molecular flexibility index (Phi) is 5.57. The quantitative estimate of drug-likeness (QED) is 0.670. The Bertz CT molecular complexity index is 1010. The number of likely N-dealkylation sites (tertiary alicyclic amines) is 1. The summed E-state index contributed by atoms with van der Waals surface area (Å²) in [5, 5.41) is 9.99. The predicted octanol–water partition coefficient (Wildman–Crippen LogP) is 4.81. The SMILES string of the molecule is CC1=CC(c2ccccc2)(N2CCC[C@H](N(C)C)C2)c2oc(C(C)(C)C)nc2C1C#N. The smallest absolute Gasteiger partial charge is 0.200 e. The van der Waals surface area contributed by atoms with E-state index in [4.69, 9.17) is 9.40 Å². The Hall–Kier alpha value is -2.42. The van der Waals surface area contributed by atoms with Gasteiger partial charge in [-0.25, -0.2) is 4.98 Å². The molecule has 0 amide bonds. The molecule has 3 atom stereocenters. The van der Waals surface area contributed by atoms with Gasteiger partial charge in [-0.1, -0.05) is 62.8 Å². The molecule has 2 unspecified atom stereocenters. The van der Waals surface area contributed by atoms with Crippen LogP contribution in [0, 0.1) is 11.3 Å². The maximum absolute atomic E-state index is 9.99. The van der Waals surface area contributed by atoms with E-state index in [0.717, 1.165) is 36.5 Å². The summed E-state index contributed by atoms with van der Waals surface area (Å²) in [5.74, 6) is 1.14. The second-order valence-corrected chi connectivity index (χ2v) is 10.3. The van der Waals surface area contributed by atoms with Gasteiger partial charge in [-0.3, -0.25) is 4.90 Å². The normalized spacial score (nSPS) is 27.0. The van der Waals surface area contributed by atoms with Crippen molar-refractivity contribution in [1.82, 2.24) is 14.8 Å². The molecule has 1 aliphatic carbocycles. The summed E-state index contributed by atoms with van der Waals surface area (Å²) < 4.78 is 6.61. The number of fused-ring (bicyclic) bond motifs is 1. The fraction of sp³-hybridized carbons (Fsp3) is 0.538. The van der Waals surface area contributed by atoms with Gasteiger partial charge < -0.3 is 9.32 Å². The van der Waals surface area contributed by atoms with Gasteiger partial charge >= 0.3 is 0 Å². The largest absolute Gasteiger partial charge is 0.442 e. The molecule has 1 aromatic carbocycles. The number of allylic oxidation sites excluding steroid dienone is 1. The summed E-state index contributed by atoms with van der Waals surface area (Å²) in [5.41, 5.74) is 2.20. The number of hydrogen-bond donors (Lipinski definition) is 0. The lowest BCUT2D eigenvalue weighted by Crippen LogP contribution is -2.55. The van der Waals surface area contributed by atoms with Crippen LogP contribution in [0.1, 0.15) is 69.4 Å². The molecule has 5 nitrogen and oxygen atoms in total. The first-order chi connectivity index (χ1) is 14.7. The molecule has 1 saturated heterocycles. The van der Waals surface area contributed by atoms with Gasteiger partial charge in [0.2, 0.25) is 0 Å². The van der Waals surface area contributed by atoms with Gasteiger partial charge in [-0.05, 0) is 46.0 Å². The van der Waals surface area contributed by atoms with Crippen molar-refractivity contribution in [1.29, 1.82) is 5.26 Å². The van der Waals surface area contributed by atoms with Crippen molar-refractivity contribution in [2.24, 2.45) is 0 Å². The first kappa shape index (κ1) is 21.8. The molecule has 1 aliphatic heterocycles. The highest BCUT2D eigenvalue weighted by Gasteiger charge is 2.50. The molecule has 31 heavy (non-hydrogen) atoms. The lowest BCUT2D eigenvalue weighted by atomic mass is 9.74. The molecule has 0 saturated carbocycles. The van der Waals surface area contributed by atoms with Crippen LogP contribution in [0.3, 0.4) is 0 Å². The van der Waals surface area contributed by atoms with Crippen molar-refractivity contribution in [3.05, 3.63) is 64.9 Å². The number of likely N-dealkylation sites (N-methyl/N-ethyl adjacent to an activating group) is 1. The minimum absolute atomic E-state index is 0.234. The Balaban J connectivity index is 1.98. The minimum atomic E-state index is -0.556. The first-order valence-electron chi connectivity index (χ1n) is 11.3. The molecule has 1 fully saturated rings. The van der Waals surface area contributed by atoms with E-state index in [-0.39, 0.29) is 11.3 Å². The minimum Gasteiger partial charge on any atom is -0.442 e. The third-order valence-electron chi connectivity index (χ3n) is 6.78. The van der Waals surface area contributed by atoms with Crippen molar-refractivity contribution < 1.29 is 4.42 Å². The van der Waals surface area contributed by atoms with Crippen LogP contribution in [-0.4, -0.2) is 48.0 Å². The summed E-state index contributed by atoms with van der Waals surface area (Å²) in [6.07, 6.45) is 4.59. The highest BCUT2D eigenvalue weighted by atomic mass is 16.4. The summed E-state index contributed by atoms with van der Waals surface area (Å²) in [6.45, 7) is 10.3. The summed E-state index contributed by atoms with van der Waals surface area (Å²) in [4.78, 5) is 9.80. The Morgan fingerprint density at radius 3 is 2.55 bits per heavy atom. The van der Waals surface area contributed by atoms with Crippen molar-refractivity contribution in [3.8, 4) is 6.07 Å². The second-order valence-electron chi connectivity index (χ2n) is 10.3. The highest BCUT2D eigenvalue weighted by Crippen LogP contribution is 2.49. The molecule has 0 bridgehead atoms. The van der Waals surface area contributed by atoms with Crippen LogP contribution in [0.15, 0.2) is 46.4 Å². The highest BCUT2D eigenvalue weighted by molar-refractivity contribution is 5.51.